The van der Waals surface area contributed by atoms with Crippen LogP contribution in [-0.4, -0.2) is 30.1 Å². The summed E-state index contributed by atoms with van der Waals surface area (Å²) in [4.78, 5) is 23.9. The van der Waals surface area contributed by atoms with Gasteiger partial charge in [-0.3, -0.25) is 9.59 Å². The summed E-state index contributed by atoms with van der Waals surface area (Å²) in [6, 6.07) is 8.21. The molecule has 0 aliphatic heterocycles. The summed E-state index contributed by atoms with van der Waals surface area (Å²) in [5.74, 6) is 0.322. The van der Waals surface area contributed by atoms with Crippen LogP contribution in [0.3, 0.4) is 0 Å². The van der Waals surface area contributed by atoms with Gasteiger partial charge in [-0.2, -0.15) is 0 Å². The highest BCUT2D eigenvalue weighted by atomic mass is 16.5. The molecular weight excluding hydrogens is 364 g/mol. The lowest BCUT2D eigenvalue weighted by Crippen LogP contribution is -2.18. The van der Waals surface area contributed by atoms with Crippen LogP contribution in [0, 0.1) is 11.8 Å². The Hall–Kier alpha value is -1.94. The van der Waals surface area contributed by atoms with E-state index < -0.39 is 6.10 Å². The van der Waals surface area contributed by atoms with Gasteiger partial charge in [-0.1, -0.05) is 62.6 Å². The van der Waals surface area contributed by atoms with Crippen LogP contribution < -0.4 is 0 Å². The number of aliphatic hydroxyl groups excluding tert-OH is 1. The SMILES string of the molecule is CCCCC[C@H](O)/C=C/[C@@H]1CCC(=O)[C@H]1Cc1ccccc1CCCC(=O)OC. The number of aryl methyl sites for hydroxylation is 1. The van der Waals surface area contributed by atoms with Crippen LogP contribution >= 0.6 is 0 Å². The Kier molecular flexibility index (Phi) is 10.1. The lowest BCUT2D eigenvalue weighted by Gasteiger charge is -2.18. The van der Waals surface area contributed by atoms with E-state index in [-0.39, 0.29) is 17.8 Å². The second-order valence-corrected chi connectivity index (χ2v) is 8.13. The number of aliphatic hydroxyl groups is 1. The molecule has 0 aromatic heterocycles. The van der Waals surface area contributed by atoms with E-state index in [4.69, 9.17) is 4.74 Å². The molecule has 1 aromatic carbocycles. The van der Waals surface area contributed by atoms with Crippen LogP contribution in [0.4, 0.5) is 0 Å². The van der Waals surface area contributed by atoms with Crippen molar-refractivity contribution in [3.63, 3.8) is 0 Å². The maximum atomic E-state index is 12.5. The first kappa shape index (κ1) is 23.3. The highest BCUT2D eigenvalue weighted by molar-refractivity contribution is 5.84. The van der Waals surface area contributed by atoms with Crippen molar-refractivity contribution < 1.29 is 19.4 Å². The van der Waals surface area contributed by atoms with E-state index in [1.54, 1.807) is 0 Å². The van der Waals surface area contributed by atoms with Crippen molar-refractivity contribution in [2.45, 2.75) is 77.2 Å². The van der Waals surface area contributed by atoms with Crippen LogP contribution in [0.15, 0.2) is 36.4 Å². The fraction of sp³-hybridized carbons (Fsp3) is 0.600. The Morgan fingerprint density at radius 3 is 2.72 bits per heavy atom. The van der Waals surface area contributed by atoms with E-state index in [1.165, 1.54) is 18.2 Å². The van der Waals surface area contributed by atoms with Gasteiger partial charge in [-0.05, 0) is 49.1 Å². The summed E-state index contributed by atoms with van der Waals surface area (Å²) in [6.07, 6.45) is 11.9. The van der Waals surface area contributed by atoms with Crippen LogP contribution in [0.5, 0.6) is 0 Å². The largest absolute Gasteiger partial charge is 0.469 e. The molecule has 1 aliphatic carbocycles. The number of unbranched alkanes of at least 4 members (excludes halogenated alkanes) is 2. The van der Waals surface area contributed by atoms with Gasteiger partial charge in [-0.15, -0.1) is 0 Å². The Labute approximate surface area is 175 Å². The number of carbonyl (C=O) groups is 2. The van der Waals surface area contributed by atoms with Gasteiger partial charge in [0.15, 0.2) is 0 Å². The average molecular weight is 401 g/mol. The lowest BCUT2D eigenvalue weighted by atomic mass is 9.86. The number of esters is 1. The molecule has 0 spiro atoms. The number of methoxy groups -OCH3 is 1. The number of allylic oxidation sites excluding steroid dienone is 1. The number of ether oxygens (including phenoxy) is 1. The minimum absolute atomic E-state index is 0.0177. The summed E-state index contributed by atoms with van der Waals surface area (Å²) in [6.45, 7) is 2.16. The minimum atomic E-state index is -0.413. The van der Waals surface area contributed by atoms with Gasteiger partial charge in [0.25, 0.3) is 0 Å². The molecule has 4 nitrogen and oxygen atoms in total. The van der Waals surface area contributed by atoms with Crippen molar-refractivity contribution in [2.75, 3.05) is 7.11 Å². The van der Waals surface area contributed by atoms with E-state index in [0.29, 0.717) is 18.6 Å². The van der Waals surface area contributed by atoms with Gasteiger partial charge >= 0.3 is 5.97 Å². The van der Waals surface area contributed by atoms with Crippen LogP contribution in [-0.2, 0) is 27.2 Å². The number of hydrogen-bond donors (Lipinski definition) is 1. The van der Waals surface area contributed by atoms with Crippen molar-refractivity contribution in [1.29, 1.82) is 0 Å². The molecule has 4 heteroatoms. The Morgan fingerprint density at radius 2 is 2.00 bits per heavy atom. The highest BCUT2D eigenvalue weighted by Crippen LogP contribution is 2.33. The molecule has 0 unspecified atom stereocenters. The lowest BCUT2D eigenvalue weighted by molar-refractivity contribution is -0.140. The third-order valence-corrected chi connectivity index (χ3v) is 5.95. The number of carbonyl (C=O) groups excluding carboxylic acids is 2. The number of benzene rings is 1. The van der Waals surface area contributed by atoms with Gasteiger partial charge in [0.1, 0.15) is 5.78 Å². The molecule has 29 heavy (non-hydrogen) atoms. The molecule has 0 saturated heterocycles. The second kappa shape index (κ2) is 12.6. The predicted molar refractivity (Wildman–Crippen MR) is 116 cm³/mol. The van der Waals surface area contributed by atoms with E-state index in [2.05, 4.69) is 25.1 Å². The highest BCUT2D eigenvalue weighted by Gasteiger charge is 2.33. The zero-order valence-electron chi connectivity index (χ0n) is 17.9. The molecule has 0 bridgehead atoms. The fourth-order valence-electron chi connectivity index (χ4n) is 4.16. The molecule has 1 fully saturated rings. The smallest absolute Gasteiger partial charge is 0.305 e. The third-order valence-electron chi connectivity index (χ3n) is 5.95. The van der Waals surface area contributed by atoms with Crippen molar-refractivity contribution in [1.82, 2.24) is 0 Å². The van der Waals surface area contributed by atoms with Gasteiger partial charge < -0.3 is 9.84 Å². The number of rotatable bonds is 12. The van der Waals surface area contributed by atoms with Crippen LogP contribution in [0.2, 0.25) is 0 Å². The van der Waals surface area contributed by atoms with Crippen molar-refractivity contribution in [2.24, 2.45) is 11.8 Å². The monoisotopic (exact) mass is 400 g/mol. The maximum Gasteiger partial charge on any atom is 0.305 e. The topological polar surface area (TPSA) is 63.6 Å². The molecule has 1 saturated carbocycles. The average Bonchev–Trinajstić information content (AvgIpc) is 3.07. The molecule has 0 amide bonds. The fourth-order valence-corrected chi connectivity index (χ4v) is 4.16. The second-order valence-electron chi connectivity index (χ2n) is 8.13. The van der Waals surface area contributed by atoms with Gasteiger partial charge in [-0.25, -0.2) is 0 Å². The number of Topliss-reactive ketones (excluding diaryl/α,β-unsaturated/α-hetero) is 1. The first-order chi connectivity index (χ1) is 14.0. The van der Waals surface area contributed by atoms with E-state index in [1.807, 2.05) is 18.2 Å². The molecule has 0 heterocycles. The first-order valence-electron chi connectivity index (χ1n) is 11.1. The predicted octanol–water partition coefficient (Wildman–Crippen LogP) is 4.82. The Balaban J connectivity index is 1.98. The van der Waals surface area contributed by atoms with Gasteiger partial charge in [0, 0.05) is 18.8 Å². The van der Waals surface area contributed by atoms with E-state index in [0.717, 1.165) is 51.4 Å². The third kappa shape index (κ3) is 7.77. The van der Waals surface area contributed by atoms with E-state index >= 15 is 0 Å². The Bertz CT molecular complexity index is 679. The first-order valence-corrected chi connectivity index (χ1v) is 11.1. The molecule has 3 atom stereocenters. The summed E-state index contributed by atoms with van der Waals surface area (Å²) in [5, 5.41) is 10.2. The molecule has 0 radical (unpaired) electrons. The van der Waals surface area contributed by atoms with Crippen molar-refractivity contribution in [3.8, 4) is 0 Å². The molecule has 2 rings (SSSR count). The van der Waals surface area contributed by atoms with Crippen LogP contribution in [0.1, 0.15) is 69.4 Å². The summed E-state index contributed by atoms with van der Waals surface area (Å²) in [5.41, 5.74) is 2.40. The molecule has 1 aliphatic rings. The molecular formula is C25H36O4. The van der Waals surface area contributed by atoms with Crippen molar-refractivity contribution in [3.05, 3.63) is 47.5 Å². The van der Waals surface area contributed by atoms with Gasteiger partial charge in [0.2, 0.25) is 0 Å². The van der Waals surface area contributed by atoms with Crippen LogP contribution in [0.25, 0.3) is 0 Å². The molecule has 1 aromatic rings. The zero-order valence-corrected chi connectivity index (χ0v) is 17.9. The van der Waals surface area contributed by atoms with Crippen molar-refractivity contribution >= 4 is 11.8 Å². The quantitative estimate of drug-likeness (QED) is 0.310. The summed E-state index contributed by atoms with van der Waals surface area (Å²) < 4.78 is 4.72. The summed E-state index contributed by atoms with van der Waals surface area (Å²) in [7, 11) is 1.41. The molecule has 160 valence electrons. The van der Waals surface area contributed by atoms with E-state index in [9.17, 15) is 14.7 Å². The Morgan fingerprint density at radius 1 is 1.24 bits per heavy atom. The normalized spacial score (nSPS) is 20.3. The minimum Gasteiger partial charge on any atom is -0.469 e. The number of hydrogen-bond acceptors (Lipinski definition) is 4. The summed E-state index contributed by atoms with van der Waals surface area (Å²) >= 11 is 0. The van der Waals surface area contributed by atoms with Gasteiger partial charge in [0.05, 0.1) is 13.2 Å². The number of ketones is 1. The maximum absolute atomic E-state index is 12.5. The zero-order chi connectivity index (χ0) is 21.1. The standard InChI is InChI=1S/C25H36O4/c1-3-4-5-12-22(26)16-14-20-15-17-24(27)23(20)18-21-10-7-6-9-19(21)11-8-13-25(28)29-2/h6-7,9-10,14,16,20,22-23,26H,3-5,8,11-13,15,17-18H2,1-2H3/b16-14+/t20-,22+,23+/m1/s1. The molecule has 1 N–H and O–H groups in total.